The Morgan fingerprint density at radius 2 is 2.33 bits per heavy atom. The van der Waals surface area contributed by atoms with Crippen molar-refractivity contribution in [3.05, 3.63) is 29.3 Å². The Bertz CT molecular complexity index is 416. The van der Waals surface area contributed by atoms with Gasteiger partial charge in [0.2, 0.25) is 0 Å². The van der Waals surface area contributed by atoms with E-state index in [0.29, 0.717) is 12.9 Å². The fraction of sp³-hybridized carbons (Fsp3) is 0.571. The van der Waals surface area contributed by atoms with Gasteiger partial charge >= 0.3 is 0 Å². The first kappa shape index (κ1) is 12.0. The van der Waals surface area contributed by atoms with Crippen LogP contribution in [0.5, 0.6) is 0 Å². The third kappa shape index (κ3) is 2.51. The van der Waals surface area contributed by atoms with Crippen molar-refractivity contribution >= 4 is 5.69 Å². The van der Waals surface area contributed by atoms with E-state index in [0.717, 1.165) is 44.8 Å². The second kappa shape index (κ2) is 5.26. The molecule has 1 unspecified atom stereocenters. The van der Waals surface area contributed by atoms with Crippen molar-refractivity contribution < 1.29 is 9.47 Å². The Morgan fingerprint density at radius 3 is 3.17 bits per heavy atom. The third-order valence-electron chi connectivity index (χ3n) is 3.81. The Morgan fingerprint density at radius 1 is 1.39 bits per heavy atom. The van der Waals surface area contributed by atoms with Crippen molar-refractivity contribution in [1.29, 1.82) is 0 Å². The lowest BCUT2D eigenvalue weighted by molar-refractivity contribution is -0.145. The maximum atomic E-state index is 6.01. The molecule has 98 valence electrons. The molecule has 4 heteroatoms. The van der Waals surface area contributed by atoms with E-state index in [-0.39, 0.29) is 0 Å². The summed E-state index contributed by atoms with van der Waals surface area (Å²) in [5.41, 5.74) is 9.65. The largest absolute Gasteiger partial charge is 0.398 e. The molecule has 4 nitrogen and oxygen atoms in total. The first-order chi connectivity index (χ1) is 8.83. The molecular formula is C14H20N2O2. The van der Waals surface area contributed by atoms with Crippen LogP contribution in [-0.4, -0.2) is 37.5 Å². The van der Waals surface area contributed by atoms with E-state index in [1.807, 2.05) is 12.1 Å². The topological polar surface area (TPSA) is 47.7 Å². The molecule has 2 N–H and O–H groups in total. The summed E-state index contributed by atoms with van der Waals surface area (Å²) in [6.07, 6.45) is 2.37. The summed E-state index contributed by atoms with van der Waals surface area (Å²) in [5, 5.41) is 0. The average molecular weight is 248 g/mol. The number of nitrogen functional groups attached to an aromatic ring is 1. The molecule has 0 radical (unpaired) electrons. The molecule has 1 saturated heterocycles. The van der Waals surface area contributed by atoms with Gasteiger partial charge in [0.15, 0.2) is 0 Å². The molecule has 2 aliphatic rings. The summed E-state index contributed by atoms with van der Waals surface area (Å²) in [6.45, 7) is 4.32. The minimum absolute atomic E-state index is 0.321. The van der Waals surface area contributed by atoms with Gasteiger partial charge in [-0.15, -0.1) is 0 Å². The summed E-state index contributed by atoms with van der Waals surface area (Å²) in [7, 11) is 0. The Kier molecular flexibility index (Phi) is 3.50. The van der Waals surface area contributed by atoms with Crippen LogP contribution in [0.25, 0.3) is 0 Å². The summed E-state index contributed by atoms with van der Waals surface area (Å²) in [5.74, 6) is 0. The number of fused-ring (bicyclic) bond motifs is 1. The second-order valence-electron chi connectivity index (χ2n) is 5.07. The molecule has 1 aromatic carbocycles. The number of nitrogens with two attached hydrogens (primary N) is 1. The summed E-state index contributed by atoms with van der Waals surface area (Å²) in [6, 6.07) is 6.22. The lowest BCUT2D eigenvalue weighted by Gasteiger charge is -2.33. The van der Waals surface area contributed by atoms with Gasteiger partial charge in [-0.2, -0.15) is 0 Å². The highest BCUT2D eigenvalue weighted by molar-refractivity contribution is 5.51. The first-order valence-corrected chi connectivity index (χ1v) is 6.61. The number of hydrogen-bond acceptors (Lipinski definition) is 4. The molecule has 2 heterocycles. The molecule has 1 aromatic rings. The summed E-state index contributed by atoms with van der Waals surface area (Å²) >= 11 is 0. The molecule has 3 rings (SSSR count). The van der Waals surface area contributed by atoms with Gasteiger partial charge in [0.1, 0.15) is 6.79 Å². The predicted molar refractivity (Wildman–Crippen MR) is 70.1 cm³/mol. The van der Waals surface area contributed by atoms with Gasteiger partial charge in [-0.1, -0.05) is 12.1 Å². The summed E-state index contributed by atoms with van der Waals surface area (Å²) in [4.78, 5) is 2.46. The Balaban J connectivity index is 1.64. The van der Waals surface area contributed by atoms with Crippen molar-refractivity contribution in [3.8, 4) is 0 Å². The van der Waals surface area contributed by atoms with Crippen LogP contribution in [-0.2, 0) is 22.4 Å². The van der Waals surface area contributed by atoms with E-state index in [9.17, 15) is 0 Å². The zero-order chi connectivity index (χ0) is 12.4. The normalized spacial score (nSPS) is 24.8. The van der Waals surface area contributed by atoms with Gasteiger partial charge in [-0.05, 0) is 30.0 Å². The van der Waals surface area contributed by atoms with Crippen molar-refractivity contribution in [2.45, 2.75) is 25.5 Å². The standard InChI is InChI=1S/C14H20N2O2/c15-14-3-1-2-11-8-16(6-4-13(11)14)9-12-5-7-17-10-18-12/h1-3,12H,4-10,15H2. The van der Waals surface area contributed by atoms with E-state index < -0.39 is 0 Å². The Hall–Kier alpha value is -1.10. The highest BCUT2D eigenvalue weighted by Gasteiger charge is 2.22. The van der Waals surface area contributed by atoms with E-state index in [1.54, 1.807) is 0 Å². The smallest absolute Gasteiger partial charge is 0.147 e. The number of nitrogens with zero attached hydrogens (tertiary/aromatic N) is 1. The van der Waals surface area contributed by atoms with Crippen molar-refractivity contribution in [1.82, 2.24) is 4.90 Å². The molecular weight excluding hydrogens is 228 g/mol. The highest BCUT2D eigenvalue weighted by atomic mass is 16.7. The molecule has 0 aromatic heterocycles. The molecule has 18 heavy (non-hydrogen) atoms. The van der Waals surface area contributed by atoms with Crippen LogP contribution in [0, 0.1) is 0 Å². The van der Waals surface area contributed by atoms with Crippen LogP contribution in [0.4, 0.5) is 5.69 Å². The number of benzene rings is 1. The lowest BCUT2D eigenvalue weighted by atomic mass is 9.97. The second-order valence-corrected chi connectivity index (χ2v) is 5.07. The van der Waals surface area contributed by atoms with Crippen LogP contribution < -0.4 is 5.73 Å². The molecule has 0 saturated carbocycles. The van der Waals surface area contributed by atoms with Crippen molar-refractivity contribution in [2.75, 3.05) is 32.2 Å². The van der Waals surface area contributed by atoms with Gasteiger partial charge in [0.05, 0.1) is 12.7 Å². The molecule has 0 aliphatic carbocycles. The molecule has 2 aliphatic heterocycles. The minimum Gasteiger partial charge on any atom is -0.398 e. The maximum absolute atomic E-state index is 6.01. The first-order valence-electron chi connectivity index (χ1n) is 6.61. The van der Waals surface area contributed by atoms with Crippen LogP contribution >= 0.6 is 0 Å². The van der Waals surface area contributed by atoms with Gasteiger partial charge < -0.3 is 15.2 Å². The number of anilines is 1. The van der Waals surface area contributed by atoms with E-state index in [4.69, 9.17) is 15.2 Å². The molecule has 1 atom stereocenters. The maximum Gasteiger partial charge on any atom is 0.147 e. The van der Waals surface area contributed by atoms with E-state index >= 15 is 0 Å². The van der Waals surface area contributed by atoms with Crippen LogP contribution in [0.2, 0.25) is 0 Å². The molecule has 0 spiro atoms. The van der Waals surface area contributed by atoms with Crippen LogP contribution in [0.3, 0.4) is 0 Å². The number of rotatable bonds is 2. The zero-order valence-electron chi connectivity index (χ0n) is 10.6. The SMILES string of the molecule is Nc1cccc2c1CCN(CC1CCOCO1)C2. The quantitative estimate of drug-likeness (QED) is 0.803. The van der Waals surface area contributed by atoms with Gasteiger partial charge in [-0.3, -0.25) is 4.90 Å². The lowest BCUT2D eigenvalue weighted by Crippen LogP contribution is -2.40. The monoisotopic (exact) mass is 248 g/mol. The van der Waals surface area contributed by atoms with Gasteiger partial charge in [-0.25, -0.2) is 0 Å². The third-order valence-corrected chi connectivity index (χ3v) is 3.81. The molecule has 0 amide bonds. The van der Waals surface area contributed by atoms with Gasteiger partial charge in [0.25, 0.3) is 0 Å². The van der Waals surface area contributed by atoms with Crippen LogP contribution in [0.15, 0.2) is 18.2 Å². The number of hydrogen-bond donors (Lipinski definition) is 1. The van der Waals surface area contributed by atoms with Crippen molar-refractivity contribution in [2.24, 2.45) is 0 Å². The van der Waals surface area contributed by atoms with Gasteiger partial charge in [0, 0.05) is 25.3 Å². The highest BCUT2D eigenvalue weighted by Crippen LogP contribution is 2.24. The fourth-order valence-corrected chi connectivity index (χ4v) is 2.79. The fourth-order valence-electron chi connectivity index (χ4n) is 2.79. The molecule has 0 bridgehead atoms. The Labute approximate surface area is 108 Å². The van der Waals surface area contributed by atoms with Crippen molar-refractivity contribution in [3.63, 3.8) is 0 Å². The summed E-state index contributed by atoms with van der Waals surface area (Å²) < 4.78 is 10.8. The minimum atomic E-state index is 0.321. The predicted octanol–water partition coefficient (Wildman–Crippen LogP) is 1.39. The number of ether oxygens (including phenoxy) is 2. The van der Waals surface area contributed by atoms with Crippen LogP contribution in [0.1, 0.15) is 17.5 Å². The average Bonchev–Trinajstić information content (AvgIpc) is 2.40. The molecule has 1 fully saturated rings. The van der Waals surface area contributed by atoms with E-state index in [1.165, 1.54) is 11.1 Å². The van der Waals surface area contributed by atoms with E-state index in [2.05, 4.69) is 11.0 Å². The zero-order valence-corrected chi connectivity index (χ0v) is 10.6.